The lowest BCUT2D eigenvalue weighted by molar-refractivity contribution is 0.800. The number of unbranched alkanes of at least 4 members (excludes halogenated alkanes) is 1. The first-order valence-electron chi connectivity index (χ1n) is 5.79. The molecule has 0 fully saturated rings. The molecule has 0 saturated heterocycles. The lowest BCUT2D eigenvalue weighted by Gasteiger charge is -2.03. The van der Waals surface area contributed by atoms with E-state index < -0.39 is 0 Å². The molecule has 1 aromatic rings. The van der Waals surface area contributed by atoms with Gasteiger partial charge in [0.05, 0.1) is 0 Å². The Morgan fingerprint density at radius 2 is 2.19 bits per heavy atom. The number of rotatable bonds is 5. The zero-order valence-corrected chi connectivity index (χ0v) is 11.1. The van der Waals surface area contributed by atoms with Crippen molar-refractivity contribution >= 4 is 18.7 Å². The summed E-state index contributed by atoms with van der Waals surface area (Å²) in [5, 5.41) is 0. The Bertz CT molecular complexity index is 388. The van der Waals surface area contributed by atoms with Crippen molar-refractivity contribution in [2.75, 3.05) is 0 Å². The molecule has 0 heterocycles. The fourth-order valence-electron chi connectivity index (χ4n) is 1.52. The van der Waals surface area contributed by atoms with Crippen molar-refractivity contribution in [1.29, 1.82) is 0 Å². The average Bonchev–Trinajstić information content (AvgIpc) is 2.28. The van der Waals surface area contributed by atoms with Crippen LogP contribution in [0, 0.1) is 6.92 Å². The van der Waals surface area contributed by atoms with Gasteiger partial charge in [-0.15, -0.1) is 12.6 Å². The van der Waals surface area contributed by atoms with Crippen molar-refractivity contribution in [3.63, 3.8) is 0 Å². The predicted molar refractivity (Wildman–Crippen MR) is 76.1 cm³/mol. The number of hydrogen-bond donors (Lipinski definition) is 1. The standard InChI is InChI=1S/C15H20S/c1-4-5-7-12(2)10-11-14-8-6-9-15(16)13(14)3/h6,8-11,16H,2,4-5,7H2,1,3H3/b11-10-. The lowest BCUT2D eigenvalue weighted by Crippen LogP contribution is -1.83. The summed E-state index contributed by atoms with van der Waals surface area (Å²) in [5.74, 6) is 0. The maximum atomic E-state index is 4.41. The van der Waals surface area contributed by atoms with Crippen LogP contribution in [0.5, 0.6) is 0 Å². The topological polar surface area (TPSA) is 0 Å². The van der Waals surface area contributed by atoms with Crippen molar-refractivity contribution in [1.82, 2.24) is 0 Å². The molecule has 0 aliphatic carbocycles. The van der Waals surface area contributed by atoms with E-state index >= 15 is 0 Å². The van der Waals surface area contributed by atoms with Gasteiger partial charge in [0, 0.05) is 4.90 Å². The summed E-state index contributed by atoms with van der Waals surface area (Å²) in [5.41, 5.74) is 3.65. The van der Waals surface area contributed by atoms with Crippen LogP contribution >= 0.6 is 12.6 Å². The van der Waals surface area contributed by atoms with Crippen molar-refractivity contribution < 1.29 is 0 Å². The number of hydrogen-bond acceptors (Lipinski definition) is 1. The van der Waals surface area contributed by atoms with E-state index in [1.807, 2.05) is 12.1 Å². The van der Waals surface area contributed by atoms with Crippen molar-refractivity contribution in [3.05, 3.63) is 47.6 Å². The molecule has 0 aromatic heterocycles. The molecule has 0 amide bonds. The molecular weight excluding hydrogens is 212 g/mol. The normalized spacial score (nSPS) is 10.9. The Balaban J connectivity index is 2.69. The summed E-state index contributed by atoms with van der Waals surface area (Å²) in [4.78, 5) is 1.04. The van der Waals surface area contributed by atoms with Crippen LogP contribution in [0.25, 0.3) is 6.08 Å². The molecule has 1 rings (SSSR count). The van der Waals surface area contributed by atoms with Crippen molar-refractivity contribution in [2.45, 2.75) is 38.0 Å². The maximum Gasteiger partial charge on any atom is 0.00751 e. The van der Waals surface area contributed by atoms with Gasteiger partial charge in [0.2, 0.25) is 0 Å². The summed E-state index contributed by atoms with van der Waals surface area (Å²) in [6.45, 7) is 8.35. The second kappa shape index (κ2) is 6.59. The molecule has 0 nitrogen and oxygen atoms in total. The molecule has 0 bridgehead atoms. The molecular formula is C15H20S. The van der Waals surface area contributed by atoms with Gasteiger partial charge < -0.3 is 0 Å². The van der Waals surface area contributed by atoms with Crippen LogP contribution in [0.2, 0.25) is 0 Å². The van der Waals surface area contributed by atoms with Gasteiger partial charge in [-0.25, -0.2) is 0 Å². The van der Waals surface area contributed by atoms with E-state index in [0.717, 1.165) is 11.3 Å². The molecule has 0 saturated carbocycles. The molecule has 86 valence electrons. The fourth-order valence-corrected chi connectivity index (χ4v) is 1.73. The molecule has 1 heteroatoms. The lowest BCUT2D eigenvalue weighted by atomic mass is 10.1. The van der Waals surface area contributed by atoms with Crippen molar-refractivity contribution in [3.8, 4) is 0 Å². The first-order chi connectivity index (χ1) is 7.65. The molecule has 0 spiro atoms. The smallest absolute Gasteiger partial charge is 0.00751 e. The fraction of sp³-hybridized carbons (Fsp3) is 0.333. The van der Waals surface area contributed by atoms with E-state index in [1.165, 1.54) is 29.5 Å². The van der Waals surface area contributed by atoms with Crippen LogP contribution in [0.1, 0.15) is 37.3 Å². The highest BCUT2D eigenvalue weighted by atomic mass is 32.1. The third kappa shape index (κ3) is 3.90. The average molecular weight is 232 g/mol. The quantitative estimate of drug-likeness (QED) is 0.533. The van der Waals surface area contributed by atoms with Gasteiger partial charge in [0.1, 0.15) is 0 Å². The highest BCUT2D eigenvalue weighted by molar-refractivity contribution is 7.80. The SMILES string of the molecule is C=C(/C=C\c1cccc(S)c1C)CCCC. The molecule has 0 radical (unpaired) electrons. The Kier molecular flexibility index (Phi) is 5.41. The van der Waals surface area contributed by atoms with Crippen LogP contribution in [0.15, 0.2) is 41.3 Å². The van der Waals surface area contributed by atoms with Gasteiger partial charge in [-0.2, -0.15) is 0 Å². The van der Waals surface area contributed by atoms with E-state index in [-0.39, 0.29) is 0 Å². The van der Waals surface area contributed by atoms with Crippen LogP contribution < -0.4 is 0 Å². The van der Waals surface area contributed by atoms with E-state index in [0.29, 0.717) is 0 Å². The van der Waals surface area contributed by atoms with Gasteiger partial charge in [-0.05, 0) is 37.0 Å². The second-order valence-electron chi connectivity index (χ2n) is 4.09. The number of benzene rings is 1. The Hall–Kier alpha value is -0.950. The molecule has 0 unspecified atom stereocenters. The Morgan fingerprint density at radius 1 is 1.44 bits per heavy atom. The van der Waals surface area contributed by atoms with Crippen LogP contribution in [-0.2, 0) is 0 Å². The minimum absolute atomic E-state index is 1.04. The summed E-state index contributed by atoms with van der Waals surface area (Å²) in [7, 11) is 0. The summed E-state index contributed by atoms with van der Waals surface area (Å²) >= 11 is 4.41. The van der Waals surface area contributed by atoms with E-state index in [2.05, 4.69) is 51.3 Å². The predicted octanol–water partition coefficient (Wildman–Crippen LogP) is 5.04. The molecule has 0 aliphatic rings. The Morgan fingerprint density at radius 3 is 2.88 bits per heavy atom. The Labute approximate surface area is 104 Å². The summed E-state index contributed by atoms with van der Waals surface area (Å²) in [6.07, 6.45) is 7.78. The van der Waals surface area contributed by atoms with Crippen LogP contribution in [-0.4, -0.2) is 0 Å². The zero-order chi connectivity index (χ0) is 12.0. The van der Waals surface area contributed by atoms with Gasteiger partial charge >= 0.3 is 0 Å². The summed E-state index contributed by atoms with van der Waals surface area (Å²) < 4.78 is 0. The van der Waals surface area contributed by atoms with Gasteiger partial charge in [0.25, 0.3) is 0 Å². The minimum Gasteiger partial charge on any atom is -0.143 e. The second-order valence-corrected chi connectivity index (χ2v) is 4.57. The number of thiol groups is 1. The van der Waals surface area contributed by atoms with Gasteiger partial charge in [-0.3, -0.25) is 0 Å². The van der Waals surface area contributed by atoms with Crippen LogP contribution in [0.4, 0.5) is 0 Å². The summed E-state index contributed by atoms with van der Waals surface area (Å²) in [6, 6.07) is 6.16. The highest BCUT2D eigenvalue weighted by Gasteiger charge is 1.97. The highest BCUT2D eigenvalue weighted by Crippen LogP contribution is 2.19. The van der Waals surface area contributed by atoms with E-state index in [1.54, 1.807) is 0 Å². The van der Waals surface area contributed by atoms with Gasteiger partial charge in [0.15, 0.2) is 0 Å². The van der Waals surface area contributed by atoms with E-state index in [4.69, 9.17) is 0 Å². The molecule has 0 N–H and O–H groups in total. The van der Waals surface area contributed by atoms with E-state index in [9.17, 15) is 0 Å². The zero-order valence-electron chi connectivity index (χ0n) is 10.2. The third-order valence-corrected chi connectivity index (χ3v) is 3.18. The third-order valence-electron chi connectivity index (χ3n) is 2.70. The molecule has 0 atom stereocenters. The minimum atomic E-state index is 1.04. The largest absolute Gasteiger partial charge is 0.143 e. The molecule has 0 aliphatic heterocycles. The van der Waals surface area contributed by atoms with Crippen LogP contribution in [0.3, 0.4) is 0 Å². The first kappa shape index (κ1) is 13.1. The monoisotopic (exact) mass is 232 g/mol. The number of allylic oxidation sites excluding steroid dienone is 2. The molecule has 1 aromatic carbocycles. The van der Waals surface area contributed by atoms with Crippen molar-refractivity contribution in [2.24, 2.45) is 0 Å². The van der Waals surface area contributed by atoms with Gasteiger partial charge in [-0.1, -0.05) is 49.8 Å². The maximum absolute atomic E-state index is 4.41. The first-order valence-corrected chi connectivity index (χ1v) is 6.24. The molecule has 16 heavy (non-hydrogen) atoms.